The molecule has 1 heterocycles. The van der Waals surface area contributed by atoms with Crippen LogP contribution in [-0.2, 0) is 10.2 Å². The van der Waals surface area contributed by atoms with Gasteiger partial charge in [0.2, 0.25) is 0 Å². The average molecular weight is 497 g/mol. The normalized spacial score (nSPS) is 20.6. The highest BCUT2D eigenvalue weighted by atomic mass is 35.5. The molecule has 7 nitrogen and oxygen atoms in total. The first-order chi connectivity index (χ1) is 16.0. The topological polar surface area (TPSA) is 100 Å². The molecule has 2 aromatic carbocycles. The number of carboxylic acid groups (broad SMARTS) is 1. The number of nitrogens with one attached hydrogen (secondary N) is 1. The lowest BCUT2D eigenvalue weighted by atomic mass is 9.62. The second-order valence-electron chi connectivity index (χ2n) is 8.16. The minimum atomic E-state index is -5.08. The zero-order valence-electron chi connectivity index (χ0n) is 18.2. The molecule has 0 spiro atoms. The van der Waals surface area contributed by atoms with Gasteiger partial charge in [-0.25, -0.2) is 14.5 Å². The van der Waals surface area contributed by atoms with Crippen molar-refractivity contribution in [1.29, 1.82) is 0 Å². The van der Waals surface area contributed by atoms with Crippen LogP contribution in [-0.4, -0.2) is 49.8 Å². The van der Waals surface area contributed by atoms with E-state index in [1.807, 2.05) is 24.3 Å². The van der Waals surface area contributed by atoms with E-state index in [1.54, 1.807) is 11.0 Å². The number of rotatable bonds is 6. The summed E-state index contributed by atoms with van der Waals surface area (Å²) < 4.78 is 33.4. The van der Waals surface area contributed by atoms with Gasteiger partial charge in [-0.3, -0.25) is 0 Å². The second-order valence-corrected chi connectivity index (χ2v) is 8.57. The zero-order valence-corrected chi connectivity index (χ0v) is 19.0. The van der Waals surface area contributed by atoms with Gasteiger partial charge >= 0.3 is 12.1 Å². The highest BCUT2D eigenvalue weighted by Crippen LogP contribution is 2.43. The van der Waals surface area contributed by atoms with Crippen LogP contribution >= 0.6 is 11.6 Å². The fraction of sp³-hybridized carbons (Fsp3) is 0.348. The minimum Gasteiger partial charge on any atom is -0.475 e. The summed E-state index contributed by atoms with van der Waals surface area (Å²) in [5.41, 5.74) is 3.20. The molecule has 1 fully saturated rings. The Morgan fingerprint density at radius 2 is 1.91 bits per heavy atom. The van der Waals surface area contributed by atoms with Gasteiger partial charge in [-0.15, -0.1) is 0 Å². The summed E-state index contributed by atoms with van der Waals surface area (Å²) >= 11 is 6.54. The Bertz CT molecular complexity index is 1090. The molecular formula is C23H24ClF3N4O3. The van der Waals surface area contributed by atoms with Crippen LogP contribution < -0.4 is 5.32 Å². The number of aliphatic hydroxyl groups is 1. The maximum Gasteiger partial charge on any atom is 0.490 e. The lowest BCUT2D eigenvalue weighted by Gasteiger charge is -2.46. The highest BCUT2D eigenvalue weighted by molar-refractivity contribution is 6.31. The van der Waals surface area contributed by atoms with Crippen molar-refractivity contribution in [3.8, 4) is 5.69 Å². The van der Waals surface area contributed by atoms with Crippen LogP contribution in [0.25, 0.3) is 5.69 Å². The van der Waals surface area contributed by atoms with Crippen molar-refractivity contribution in [1.82, 2.24) is 20.1 Å². The van der Waals surface area contributed by atoms with Gasteiger partial charge in [0.25, 0.3) is 0 Å². The monoisotopic (exact) mass is 496 g/mol. The van der Waals surface area contributed by atoms with Crippen LogP contribution in [0, 0.1) is 0 Å². The van der Waals surface area contributed by atoms with Crippen LogP contribution in [0.4, 0.5) is 13.2 Å². The van der Waals surface area contributed by atoms with Gasteiger partial charge < -0.3 is 15.5 Å². The second kappa shape index (κ2) is 10.5. The van der Waals surface area contributed by atoms with Gasteiger partial charge in [0, 0.05) is 23.0 Å². The molecule has 4 rings (SSSR count). The predicted octanol–water partition coefficient (Wildman–Crippen LogP) is 4.30. The summed E-state index contributed by atoms with van der Waals surface area (Å²) in [4.78, 5) is 12.9. The summed E-state index contributed by atoms with van der Waals surface area (Å²) in [6.07, 6.45) is -0.570. The summed E-state index contributed by atoms with van der Waals surface area (Å²) in [6, 6.07) is 16.5. The van der Waals surface area contributed by atoms with E-state index >= 15 is 0 Å². The van der Waals surface area contributed by atoms with Gasteiger partial charge in [-0.1, -0.05) is 48.0 Å². The van der Waals surface area contributed by atoms with E-state index < -0.39 is 12.1 Å². The number of halogens is 4. The standard InChI is InChI=1S/C21H23ClN4O.C2HF3O2/c1-15(19-8-7-17(9-20(19)22)26-14-23-13-25-26)24-12-21(10-18(27)11-21)16-5-3-2-4-6-16;3-2(4,5)1(6)7/h2-9,13-15,18,24,27H,10-12H2,1H3;(H,6,7). The Hall–Kier alpha value is -2.95. The van der Waals surface area contributed by atoms with E-state index in [4.69, 9.17) is 21.5 Å². The summed E-state index contributed by atoms with van der Waals surface area (Å²) in [5, 5.41) is 25.5. The lowest BCUT2D eigenvalue weighted by molar-refractivity contribution is -0.192. The number of aromatic nitrogens is 3. The Balaban J connectivity index is 0.000000406. The number of aliphatic hydroxyl groups excluding tert-OH is 1. The molecular weight excluding hydrogens is 473 g/mol. The van der Waals surface area contributed by atoms with Crippen molar-refractivity contribution in [3.05, 3.63) is 77.3 Å². The third-order valence-corrected chi connectivity index (χ3v) is 6.09. The van der Waals surface area contributed by atoms with Crippen LogP contribution in [0.2, 0.25) is 5.02 Å². The van der Waals surface area contributed by atoms with E-state index in [-0.39, 0.29) is 17.6 Å². The van der Waals surface area contributed by atoms with Crippen molar-refractivity contribution in [2.45, 2.75) is 43.5 Å². The quantitative estimate of drug-likeness (QED) is 0.470. The molecule has 1 unspecified atom stereocenters. The SMILES string of the molecule is CC(NCC1(c2ccccc2)CC(O)C1)c1ccc(-n2cncn2)cc1Cl.O=C(O)C(F)(F)F. The van der Waals surface area contributed by atoms with Gasteiger partial charge in [0.15, 0.2) is 0 Å². The van der Waals surface area contributed by atoms with Crippen molar-refractivity contribution < 1.29 is 28.2 Å². The molecule has 1 aliphatic carbocycles. The molecule has 0 bridgehead atoms. The Morgan fingerprint density at radius 3 is 2.41 bits per heavy atom. The Kier molecular flexibility index (Phi) is 7.96. The fourth-order valence-corrected chi connectivity index (χ4v) is 4.26. The molecule has 0 radical (unpaired) electrons. The van der Waals surface area contributed by atoms with Crippen molar-refractivity contribution in [2.75, 3.05) is 6.54 Å². The summed E-state index contributed by atoms with van der Waals surface area (Å²) in [7, 11) is 0. The molecule has 1 atom stereocenters. The number of benzene rings is 2. The van der Waals surface area contributed by atoms with Crippen molar-refractivity contribution in [2.24, 2.45) is 0 Å². The molecule has 1 aliphatic rings. The third-order valence-electron chi connectivity index (χ3n) is 5.76. The molecule has 1 aromatic heterocycles. The molecule has 11 heteroatoms. The van der Waals surface area contributed by atoms with E-state index in [9.17, 15) is 18.3 Å². The van der Waals surface area contributed by atoms with Crippen LogP contribution in [0.1, 0.15) is 36.9 Å². The average Bonchev–Trinajstić information content (AvgIpc) is 3.31. The van der Waals surface area contributed by atoms with Crippen LogP contribution in [0.15, 0.2) is 61.2 Å². The first-order valence-electron chi connectivity index (χ1n) is 10.4. The predicted molar refractivity (Wildman–Crippen MR) is 120 cm³/mol. The van der Waals surface area contributed by atoms with Gasteiger partial charge in [0.1, 0.15) is 12.7 Å². The fourth-order valence-electron chi connectivity index (χ4n) is 3.93. The van der Waals surface area contributed by atoms with Gasteiger partial charge in [-0.05, 0) is 43.0 Å². The van der Waals surface area contributed by atoms with Crippen molar-refractivity contribution in [3.63, 3.8) is 0 Å². The third kappa shape index (κ3) is 6.13. The van der Waals surface area contributed by atoms with Gasteiger partial charge in [0.05, 0.1) is 11.8 Å². The number of nitrogens with zero attached hydrogens (tertiary/aromatic N) is 3. The number of hydrogen-bond donors (Lipinski definition) is 3. The maximum absolute atomic E-state index is 10.6. The lowest BCUT2D eigenvalue weighted by Crippen LogP contribution is -2.51. The largest absolute Gasteiger partial charge is 0.490 e. The molecule has 182 valence electrons. The van der Waals surface area contributed by atoms with E-state index in [1.165, 1.54) is 11.9 Å². The molecule has 1 saturated carbocycles. The maximum atomic E-state index is 10.6. The molecule has 0 amide bonds. The van der Waals surface area contributed by atoms with E-state index in [2.05, 4.69) is 46.6 Å². The number of carbonyl (C=O) groups is 1. The molecule has 0 saturated heterocycles. The summed E-state index contributed by atoms with van der Waals surface area (Å²) in [5.74, 6) is -2.76. The number of aliphatic carboxylic acids is 1. The number of alkyl halides is 3. The van der Waals surface area contributed by atoms with Crippen molar-refractivity contribution >= 4 is 17.6 Å². The highest BCUT2D eigenvalue weighted by Gasteiger charge is 2.44. The molecule has 3 N–H and O–H groups in total. The molecule has 3 aromatic rings. The number of hydrogen-bond acceptors (Lipinski definition) is 5. The molecule has 0 aliphatic heterocycles. The van der Waals surface area contributed by atoms with E-state index in [0.29, 0.717) is 5.02 Å². The summed E-state index contributed by atoms with van der Waals surface area (Å²) in [6.45, 7) is 2.92. The Morgan fingerprint density at radius 1 is 1.26 bits per heavy atom. The molecule has 34 heavy (non-hydrogen) atoms. The zero-order chi connectivity index (χ0) is 24.9. The Labute approximate surface area is 199 Å². The minimum absolute atomic E-state index is 0.0118. The first-order valence-corrected chi connectivity index (χ1v) is 10.8. The van der Waals surface area contributed by atoms with Crippen LogP contribution in [0.5, 0.6) is 0 Å². The van der Waals surface area contributed by atoms with E-state index in [0.717, 1.165) is 30.6 Å². The van der Waals surface area contributed by atoms with Crippen LogP contribution in [0.3, 0.4) is 0 Å². The first kappa shape index (κ1) is 25.7. The number of carboxylic acids is 1. The van der Waals surface area contributed by atoms with Gasteiger partial charge in [-0.2, -0.15) is 18.3 Å². The smallest absolute Gasteiger partial charge is 0.475 e.